The van der Waals surface area contributed by atoms with Gasteiger partial charge in [0.05, 0.1) is 6.26 Å². The van der Waals surface area contributed by atoms with E-state index in [0.29, 0.717) is 42.9 Å². The van der Waals surface area contributed by atoms with Crippen molar-refractivity contribution in [2.45, 2.75) is 18.9 Å². The summed E-state index contributed by atoms with van der Waals surface area (Å²) in [5.41, 5.74) is 0.00513. The number of hydrogen-bond donors (Lipinski definition) is 1. The number of nitrogens with zero attached hydrogens (tertiary/aromatic N) is 4. The van der Waals surface area contributed by atoms with Crippen molar-refractivity contribution in [3.8, 4) is 11.5 Å². The summed E-state index contributed by atoms with van der Waals surface area (Å²) in [4.78, 5) is 21.5. The summed E-state index contributed by atoms with van der Waals surface area (Å²) in [6.07, 6.45) is 4.05. The first-order valence-corrected chi connectivity index (χ1v) is 11.6. The Labute approximate surface area is 190 Å². The van der Waals surface area contributed by atoms with Gasteiger partial charge in [0.25, 0.3) is 5.56 Å². The van der Waals surface area contributed by atoms with Crippen LogP contribution in [0.3, 0.4) is 0 Å². The Morgan fingerprint density at radius 2 is 1.94 bits per heavy atom. The van der Waals surface area contributed by atoms with Gasteiger partial charge in [-0.2, -0.15) is 4.98 Å². The lowest BCUT2D eigenvalue weighted by Gasteiger charge is -2.30. The van der Waals surface area contributed by atoms with Crippen molar-refractivity contribution in [1.29, 1.82) is 0 Å². The highest BCUT2D eigenvalue weighted by Gasteiger charge is 2.25. The summed E-state index contributed by atoms with van der Waals surface area (Å²) in [5.74, 6) is 0.157. The van der Waals surface area contributed by atoms with E-state index >= 15 is 0 Å². The van der Waals surface area contributed by atoms with E-state index in [0.717, 1.165) is 0 Å². The fraction of sp³-hybridized carbons (Fsp3) is 0.350. The monoisotopic (exact) mass is 483 g/mol. The highest BCUT2D eigenvalue weighted by atomic mass is 35.5. The maximum atomic E-state index is 13.4. The van der Waals surface area contributed by atoms with Crippen LogP contribution in [0.4, 0.5) is 10.3 Å². The maximum absolute atomic E-state index is 13.4. The van der Waals surface area contributed by atoms with Gasteiger partial charge in [0, 0.05) is 43.8 Å². The SMILES string of the molecule is Cl.Cn1c(=O)c(Oc2cccc(F)c2)cc2cnc(NC3CCN(S(C)(=O)=O)CC3)nc21. The first kappa shape index (κ1) is 23.9. The molecule has 172 valence electrons. The van der Waals surface area contributed by atoms with Gasteiger partial charge >= 0.3 is 0 Å². The molecule has 3 heterocycles. The Morgan fingerprint density at radius 1 is 1.22 bits per heavy atom. The zero-order valence-corrected chi connectivity index (χ0v) is 19.1. The molecule has 1 saturated heterocycles. The van der Waals surface area contributed by atoms with Crippen LogP contribution in [-0.4, -0.2) is 52.6 Å². The first-order valence-electron chi connectivity index (χ1n) is 9.72. The largest absolute Gasteiger partial charge is 0.451 e. The number of ether oxygens (including phenoxy) is 1. The van der Waals surface area contributed by atoms with Crippen molar-refractivity contribution in [1.82, 2.24) is 18.8 Å². The topological polar surface area (TPSA) is 106 Å². The lowest BCUT2D eigenvalue weighted by molar-refractivity contribution is 0.331. The fourth-order valence-corrected chi connectivity index (χ4v) is 4.41. The normalized spacial score (nSPS) is 15.3. The minimum absolute atomic E-state index is 0. The van der Waals surface area contributed by atoms with Crippen LogP contribution in [0.15, 0.2) is 41.3 Å². The fourth-order valence-electron chi connectivity index (χ4n) is 3.53. The molecule has 1 aliphatic rings. The zero-order valence-electron chi connectivity index (χ0n) is 17.5. The Morgan fingerprint density at radius 3 is 2.59 bits per heavy atom. The molecule has 1 aromatic carbocycles. The number of aryl methyl sites for hydroxylation is 1. The van der Waals surface area contributed by atoms with Crippen molar-refractivity contribution < 1.29 is 17.5 Å². The van der Waals surface area contributed by atoms with Crippen molar-refractivity contribution in [3.63, 3.8) is 0 Å². The lowest BCUT2D eigenvalue weighted by atomic mass is 10.1. The van der Waals surface area contributed by atoms with Crippen LogP contribution in [0.25, 0.3) is 11.0 Å². The van der Waals surface area contributed by atoms with E-state index < -0.39 is 21.4 Å². The second kappa shape index (κ2) is 9.39. The number of rotatable bonds is 5. The molecule has 3 aromatic rings. The number of benzene rings is 1. The van der Waals surface area contributed by atoms with Crippen LogP contribution < -0.4 is 15.6 Å². The van der Waals surface area contributed by atoms with Crippen molar-refractivity contribution in [2.75, 3.05) is 24.7 Å². The van der Waals surface area contributed by atoms with E-state index in [9.17, 15) is 17.6 Å². The third-order valence-electron chi connectivity index (χ3n) is 5.20. The van der Waals surface area contributed by atoms with Crippen LogP contribution in [0.2, 0.25) is 0 Å². The number of pyridine rings is 1. The molecule has 0 amide bonds. The number of hydrogen-bond acceptors (Lipinski definition) is 7. The van der Waals surface area contributed by atoms with Crippen molar-refractivity contribution >= 4 is 39.4 Å². The summed E-state index contributed by atoms with van der Waals surface area (Å²) in [5, 5.41) is 3.81. The summed E-state index contributed by atoms with van der Waals surface area (Å²) < 4.78 is 45.1. The summed E-state index contributed by atoms with van der Waals surface area (Å²) >= 11 is 0. The third-order valence-corrected chi connectivity index (χ3v) is 6.50. The molecule has 0 spiro atoms. The molecule has 4 rings (SSSR count). The number of anilines is 1. The molecule has 9 nitrogen and oxygen atoms in total. The molecule has 2 aromatic heterocycles. The van der Waals surface area contributed by atoms with E-state index in [2.05, 4.69) is 15.3 Å². The van der Waals surface area contributed by atoms with Crippen LogP contribution in [-0.2, 0) is 17.1 Å². The standard InChI is InChI=1S/C20H22FN5O4S.ClH/c1-25-18-13(10-17(19(25)27)30-16-5-3-4-14(21)11-16)12-22-20(24-18)23-15-6-8-26(9-7-15)31(2,28)29;/h3-5,10-12,15H,6-9H2,1-2H3,(H,22,23,24);1H. The molecule has 0 saturated carbocycles. The number of halogens is 2. The van der Waals surface area contributed by atoms with Gasteiger partial charge in [0.1, 0.15) is 17.2 Å². The molecule has 0 atom stereocenters. The van der Waals surface area contributed by atoms with Crippen molar-refractivity contribution in [3.05, 3.63) is 52.7 Å². The first-order chi connectivity index (χ1) is 14.7. The summed E-state index contributed by atoms with van der Waals surface area (Å²) in [6, 6.07) is 7.10. The average Bonchev–Trinajstić information content (AvgIpc) is 2.72. The molecule has 1 N–H and O–H groups in total. The van der Waals surface area contributed by atoms with Crippen LogP contribution in [0, 0.1) is 5.82 Å². The number of fused-ring (bicyclic) bond motifs is 1. The number of sulfonamides is 1. The predicted octanol–water partition coefficient (Wildman–Crippen LogP) is 2.52. The number of piperidine rings is 1. The minimum Gasteiger partial charge on any atom is -0.451 e. The molecule has 1 aliphatic heterocycles. The van der Waals surface area contributed by atoms with Gasteiger partial charge < -0.3 is 10.1 Å². The smallest absolute Gasteiger partial charge is 0.294 e. The molecule has 0 aliphatic carbocycles. The van der Waals surface area contributed by atoms with E-state index in [1.54, 1.807) is 19.3 Å². The van der Waals surface area contributed by atoms with Gasteiger partial charge in [-0.1, -0.05) is 6.07 Å². The predicted molar refractivity (Wildman–Crippen MR) is 122 cm³/mol. The second-order valence-electron chi connectivity index (χ2n) is 7.49. The molecular weight excluding hydrogens is 461 g/mol. The number of nitrogens with one attached hydrogen (secondary N) is 1. The van der Waals surface area contributed by atoms with Gasteiger partial charge in [0.2, 0.25) is 16.0 Å². The molecule has 0 bridgehead atoms. The van der Waals surface area contributed by atoms with Gasteiger partial charge in [-0.05, 0) is 31.0 Å². The molecular formula is C20H23ClFN5O4S. The van der Waals surface area contributed by atoms with Crippen LogP contribution in [0.5, 0.6) is 11.5 Å². The highest BCUT2D eigenvalue weighted by molar-refractivity contribution is 7.88. The molecule has 12 heteroatoms. The van der Waals surface area contributed by atoms with Gasteiger partial charge in [-0.3, -0.25) is 9.36 Å². The van der Waals surface area contributed by atoms with Gasteiger partial charge in [0.15, 0.2) is 5.75 Å². The quantitative estimate of drug-likeness (QED) is 0.594. The Bertz CT molecular complexity index is 1290. The maximum Gasteiger partial charge on any atom is 0.294 e. The molecule has 0 unspecified atom stereocenters. The summed E-state index contributed by atoms with van der Waals surface area (Å²) in [6.45, 7) is 0.868. The second-order valence-corrected chi connectivity index (χ2v) is 9.47. The Hall–Kier alpha value is -2.76. The summed E-state index contributed by atoms with van der Waals surface area (Å²) in [7, 11) is -1.61. The zero-order chi connectivity index (χ0) is 22.2. The van der Waals surface area contributed by atoms with Crippen LogP contribution >= 0.6 is 12.4 Å². The van der Waals surface area contributed by atoms with Crippen molar-refractivity contribution in [2.24, 2.45) is 7.05 Å². The Kier molecular flexibility index (Phi) is 7.01. The van der Waals surface area contributed by atoms with E-state index in [4.69, 9.17) is 4.74 Å². The third kappa shape index (κ3) is 5.17. The average molecular weight is 484 g/mol. The molecule has 32 heavy (non-hydrogen) atoms. The van der Waals surface area contributed by atoms with E-state index in [1.165, 1.54) is 39.4 Å². The van der Waals surface area contributed by atoms with Gasteiger partial charge in [-0.25, -0.2) is 22.1 Å². The van der Waals surface area contributed by atoms with Gasteiger partial charge in [-0.15, -0.1) is 12.4 Å². The van der Waals surface area contributed by atoms with Crippen LogP contribution in [0.1, 0.15) is 12.8 Å². The molecule has 0 radical (unpaired) electrons. The minimum atomic E-state index is -3.19. The lowest BCUT2D eigenvalue weighted by Crippen LogP contribution is -2.42. The Balaban J connectivity index is 0.00000289. The van der Waals surface area contributed by atoms with E-state index in [-0.39, 0.29) is 29.9 Å². The molecule has 1 fully saturated rings. The highest BCUT2D eigenvalue weighted by Crippen LogP contribution is 2.23. The number of aromatic nitrogens is 3. The van der Waals surface area contributed by atoms with E-state index in [1.807, 2.05) is 0 Å².